The number of amides is 2. The number of rotatable bonds is 11. The molecule has 4 N–H and O–H groups in total. The van der Waals surface area contributed by atoms with Gasteiger partial charge in [-0.05, 0) is 32.0 Å². The number of para-hydroxylation sites is 1. The molecule has 0 unspecified atom stereocenters. The summed E-state index contributed by atoms with van der Waals surface area (Å²) < 4.78 is 1.25. The van der Waals surface area contributed by atoms with Crippen molar-refractivity contribution in [3.63, 3.8) is 0 Å². The lowest BCUT2D eigenvalue weighted by atomic mass is 10.2. The number of H-pyrrole nitrogens is 1. The molecule has 1 heterocycles. The third kappa shape index (κ3) is 6.93. The number of nitrogens with two attached hydrogens (primary N) is 1. The topological polar surface area (TPSA) is 134 Å². The number of nitrogens with one attached hydrogen (secondary N) is 2. The van der Waals surface area contributed by atoms with Gasteiger partial charge in [-0.3, -0.25) is 28.8 Å². The van der Waals surface area contributed by atoms with Gasteiger partial charge in [0, 0.05) is 13.1 Å². The lowest BCUT2D eigenvalue weighted by molar-refractivity contribution is -0.121. The van der Waals surface area contributed by atoms with Crippen LogP contribution >= 0.6 is 11.6 Å². The van der Waals surface area contributed by atoms with Crippen LogP contribution in [0.1, 0.15) is 33.1 Å². The number of aromatic amines is 1. The molecule has 0 aliphatic carbocycles. The van der Waals surface area contributed by atoms with Gasteiger partial charge in [-0.15, -0.1) is 0 Å². The number of nitrogen functional groups attached to an aromatic ring is 1. The SMILES string of the molecule is CCCCN(C(=O)CN(C)CC(=O)Nc1ccccc1Cl)c1c(N)n(CCC)c(=O)[nH]c1=O. The standard InChI is InChI=1S/C22H31ClN6O4/c1-4-6-12-28(19-20(24)29(11-5-2)22(33)26-21(19)32)18(31)14-27(3)13-17(30)25-16-10-8-7-9-15(16)23/h7-10H,4-6,11-14,24H2,1-3H3,(H,25,30)(H,26,32,33). The Morgan fingerprint density at radius 2 is 1.85 bits per heavy atom. The van der Waals surface area contributed by atoms with Gasteiger partial charge >= 0.3 is 5.69 Å². The summed E-state index contributed by atoms with van der Waals surface area (Å²) >= 11 is 6.07. The van der Waals surface area contributed by atoms with Crippen molar-refractivity contribution in [1.82, 2.24) is 14.5 Å². The zero-order valence-corrected chi connectivity index (χ0v) is 19.9. The fourth-order valence-electron chi connectivity index (χ4n) is 3.33. The highest BCUT2D eigenvalue weighted by Crippen LogP contribution is 2.20. The molecular formula is C22H31ClN6O4. The monoisotopic (exact) mass is 478 g/mol. The van der Waals surface area contributed by atoms with Crippen molar-refractivity contribution < 1.29 is 9.59 Å². The average Bonchev–Trinajstić information content (AvgIpc) is 2.74. The van der Waals surface area contributed by atoms with Crippen LogP contribution in [0.3, 0.4) is 0 Å². The Balaban J connectivity index is 2.20. The first-order valence-corrected chi connectivity index (χ1v) is 11.2. The highest BCUT2D eigenvalue weighted by molar-refractivity contribution is 6.33. The zero-order valence-electron chi connectivity index (χ0n) is 19.2. The first kappa shape index (κ1) is 26.1. The number of aromatic nitrogens is 2. The van der Waals surface area contributed by atoms with Crippen LogP contribution in [-0.2, 0) is 16.1 Å². The number of halogens is 1. The number of carbonyl (C=O) groups excluding carboxylic acids is 2. The molecule has 0 aliphatic rings. The van der Waals surface area contributed by atoms with E-state index in [0.717, 1.165) is 6.42 Å². The van der Waals surface area contributed by atoms with Crippen LogP contribution in [0.2, 0.25) is 5.02 Å². The van der Waals surface area contributed by atoms with Crippen LogP contribution in [0.4, 0.5) is 17.2 Å². The predicted molar refractivity (Wildman–Crippen MR) is 131 cm³/mol. The molecule has 0 bridgehead atoms. The second-order valence-electron chi connectivity index (χ2n) is 7.74. The molecule has 0 radical (unpaired) electrons. The van der Waals surface area contributed by atoms with Crippen molar-refractivity contribution in [2.45, 2.75) is 39.7 Å². The van der Waals surface area contributed by atoms with Crippen LogP contribution in [-0.4, -0.2) is 52.9 Å². The number of hydrogen-bond donors (Lipinski definition) is 3. The smallest absolute Gasteiger partial charge is 0.330 e. The summed E-state index contributed by atoms with van der Waals surface area (Å²) in [5.41, 5.74) is 5.26. The summed E-state index contributed by atoms with van der Waals surface area (Å²) in [4.78, 5) is 55.3. The summed E-state index contributed by atoms with van der Waals surface area (Å²) in [5.74, 6) is -0.795. The van der Waals surface area contributed by atoms with E-state index in [4.69, 9.17) is 17.3 Å². The van der Waals surface area contributed by atoms with Crippen LogP contribution in [0.5, 0.6) is 0 Å². The Hall–Kier alpha value is -3.11. The van der Waals surface area contributed by atoms with Crippen molar-refractivity contribution in [3.05, 3.63) is 50.1 Å². The van der Waals surface area contributed by atoms with Gasteiger partial charge in [-0.2, -0.15) is 0 Å². The first-order chi connectivity index (χ1) is 15.7. The molecule has 0 fully saturated rings. The predicted octanol–water partition coefficient (Wildman–Crippen LogP) is 1.89. The number of hydrogen-bond acceptors (Lipinski definition) is 6. The number of nitrogens with zero attached hydrogens (tertiary/aromatic N) is 3. The number of carbonyl (C=O) groups is 2. The zero-order chi connectivity index (χ0) is 24.5. The van der Waals surface area contributed by atoms with Gasteiger partial charge in [0.1, 0.15) is 5.82 Å². The molecule has 10 nitrogen and oxygen atoms in total. The van der Waals surface area contributed by atoms with Crippen molar-refractivity contribution in [3.8, 4) is 0 Å². The van der Waals surface area contributed by atoms with E-state index in [1.807, 2.05) is 13.8 Å². The van der Waals surface area contributed by atoms with Crippen molar-refractivity contribution in [2.75, 3.05) is 42.6 Å². The maximum Gasteiger partial charge on any atom is 0.330 e. The van der Waals surface area contributed by atoms with Crippen molar-refractivity contribution in [1.29, 1.82) is 0 Å². The third-order valence-corrected chi connectivity index (χ3v) is 5.26. The molecule has 0 aliphatic heterocycles. The van der Waals surface area contributed by atoms with Gasteiger partial charge in [-0.1, -0.05) is 44.0 Å². The van der Waals surface area contributed by atoms with Gasteiger partial charge < -0.3 is 16.0 Å². The maximum absolute atomic E-state index is 13.1. The molecule has 2 amide bonds. The Kier molecular flexibility index (Phi) is 9.68. The van der Waals surface area contributed by atoms with E-state index in [9.17, 15) is 19.2 Å². The minimum Gasteiger partial charge on any atom is -0.383 e. The Bertz CT molecular complexity index is 1100. The van der Waals surface area contributed by atoms with E-state index in [0.29, 0.717) is 30.1 Å². The van der Waals surface area contributed by atoms with E-state index < -0.39 is 17.2 Å². The van der Waals surface area contributed by atoms with E-state index in [1.165, 1.54) is 14.4 Å². The molecule has 11 heteroatoms. The highest BCUT2D eigenvalue weighted by Gasteiger charge is 2.25. The molecule has 1 aromatic carbocycles. The molecule has 2 aromatic rings. The molecular weight excluding hydrogens is 448 g/mol. The summed E-state index contributed by atoms with van der Waals surface area (Å²) in [6, 6.07) is 6.85. The van der Waals surface area contributed by atoms with Crippen LogP contribution in [0.25, 0.3) is 0 Å². The molecule has 0 saturated carbocycles. The van der Waals surface area contributed by atoms with E-state index in [-0.39, 0.29) is 37.0 Å². The molecule has 33 heavy (non-hydrogen) atoms. The Labute approximate surface area is 197 Å². The van der Waals surface area contributed by atoms with Gasteiger partial charge in [0.15, 0.2) is 5.69 Å². The summed E-state index contributed by atoms with van der Waals surface area (Å²) in [7, 11) is 1.62. The van der Waals surface area contributed by atoms with Gasteiger partial charge in [-0.25, -0.2) is 4.79 Å². The van der Waals surface area contributed by atoms with E-state index >= 15 is 0 Å². The summed E-state index contributed by atoms with van der Waals surface area (Å²) in [6.45, 7) is 4.20. The normalized spacial score (nSPS) is 10.9. The van der Waals surface area contributed by atoms with Crippen molar-refractivity contribution in [2.24, 2.45) is 0 Å². The minimum atomic E-state index is -0.714. The fraction of sp³-hybridized carbons (Fsp3) is 0.455. The van der Waals surface area contributed by atoms with Crippen LogP contribution < -0.4 is 27.2 Å². The minimum absolute atomic E-state index is 0.0459. The van der Waals surface area contributed by atoms with E-state index in [2.05, 4.69) is 10.3 Å². The van der Waals surface area contributed by atoms with Gasteiger partial charge in [0.05, 0.1) is 23.8 Å². The summed E-state index contributed by atoms with van der Waals surface area (Å²) in [5, 5.41) is 3.11. The lowest BCUT2D eigenvalue weighted by Gasteiger charge is -2.26. The fourth-order valence-corrected chi connectivity index (χ4v) is 3.51. The highest BCUT2D eigenvalue weighted by atomic mass is 35.5. The molecule has 1 aromatic heterocycles. The first-order valence-electron chi connectivity index (χ1n) is 10.8. The average molecular weight is 479 g/mol. The Morgan fingerprint density at radius 1 is 1.15 bits per heavy atom. The second kappa shape index (κ2) is 12.2. The molecule has 0 spiro atoms. The quantitative estimate of drug-likeness (QED) is 0.451. The lowest BCUT2D eigenvalue weighted by Crippen LogP contribution is -2.46. The van der Waals surface area contributed by atoms with Crippen LogP contribution in [0.15, 0.2) is 33.9 Å². The van der Waals surface area contributed by atoms with Crippen LogP contribution in [0, 0.1) is 0 Å². The molecule has 0 saturated heterocycles. The number of unbranched alkanes of at least 4 members (excludes halogenated alkanes) is 1. The molecule has 0 atom stereocenters. The molecule has 180 valence electrons. The third-order valence-electron chi connectivity index (χ3n) is 4.93. The Morgan fingerprint density at radius 3 is 2.48 bits per heavy atom. The number of benzene rings is 1. The van der Waals surface area contributed by atoms with E-state index in [1.54, 1.807) is 31.3 Å². The number of anilines is 3. The second-order valence-corrected chi connectivity index (χ2v) is 8.15. The molecule has 2 rings (SSSR count). The maximum atomic E-state index is 13.1. The largest absolute Gasteiger partial charge is 0.383 e. The van der Waals surface area contributed by atoms with Gasteiger partial charge in [0.25, 0.3) is 5.56 Å². The van der Waals surface area contributed by atoms with Crippen molar-refractivity contribution >= 4 is 40.6 Å². The summed E-state index contributed by atoms with van der Waals surface area (Å²) in [6.07, 6.45) is 2.04. The number of likely N-dealkylation sites (N-methyl/N-ethyl adjacent to an activating group) is 1. The van der Waals surface area contributed by atoms with Gasteiger partial charge in [0.2, 0.25) is 11.8 Å².